The fourth-order valence-electron chi connectivity index (χ4n) is 0. The van der Waals surface area contributed by atoms with Gasteiger partial charge in [0.2, 0.25) is 0 Å². The first-order valence-electron chi connectivity index (χ1n) is 1.41. The Morgan fingerprint density at radius 1 is 1.33 bits per heavy atom. The molecule has 0 heterocycles. The second kappa shape index (κ2) is 16.2. The topological polar surface area (TPSA) is 26.0 Å². The van der Waals surface area contributed by atoms with Crippen molar-refractivity contribution in [3.63, 3.8) is 0 Å². The van der Waals surface area contributed by atoms with E-state index in [0.29, 0.717) is 6.54 Å². The molecule has 0 saturated heterocycles. The van der Waals surface area contributed by atoms with Gasteiger partial charge in [0.15, 0.2) is 0 Å². The summed E-state index contributed by atoms with van der Waals surface area (Å²) in [6.07, 6.45) is 0.847. The Hall–Kier alpha value is 1.34. The van der Waals surface area contributed by atoms with Crippen LogP contribution in [-0.4, -0.2) is 6.54 Å². The predicted molar refractivity (Wildman–Crippen MR) is 19.0 cm³/mol. The number of nitrogens with two attached hydrogens (primary N) is 1. The first-order valence-corrected chi connectivity index (χ1v) is 1.41. The monoisotopic (exact) mass is 426 g/mol. The van der Waals surface area contributed by atoms with Crippen molar-refractivity contribution < 1.29 is 42.1 Å². The second-order valence-corrected chi connectivity index (χ2v) is 0.642. The van der Waals surface area contributed by atoms with Crippen molar-refractivity contribution in [2.24, 2.45) is 5.73 Å². The molecule has 0 aliphatic heterocycles. The van der Waals surface area contributed by atoms with E-state index in [4.69, 9.17) is 5.73 Å². The fraction of sp³-hybridized carbons (Fsp3) is 0.667. The van der Waals surface area contributed by atoms with Crippen molar-refractivity contribution in [2.75, 3.05) is 6.54 Å². The molecule has 0 bridgehead atoms. The largest absolute Gasteiger partial charge is 0.342 e. The zero-order valence-electron chi connectivity index (χ0n) is 3.52. The zero-order valence-corrected chi connectivity index (χ0v) is 9.38. The third-order valence-electron chi connectivity index (χ3n) is 0.204. The van der Waals surface area contributed by atoms with Gasteiger partial charge in [-0.2, -0.15) is 6.42 Å². The SMILES string of the molecule is [CH2-]CCN.[W].[W]. The number of hydrogen-bond donors (Lipinski definition) is 1. The van der Waals surface area contributed by atoms with Gasteiger partial charge in [0.1, 0.15) is 0 Å². The zero-order chi connectivity index (χ0) is 3.41. The summed E-state index contributed by atoms with van der Waals surface area (Å²) in [5.74, 6) is 0. The van der Waals surface area contributed by atoms with E-state index in [1.54, 1.807) is 0 Å². The average molecular weight is 426 g/mol. The average Bonchev–Trinajstić information content (AvgIpc) is 1.37. The Morgan fingerprint density at radius 2 is 1.50 bits per heavy atom. The molecule has 3 heteroatoms. The van der Waals surface area contributed by atoms with E-state index in [-0.39, 0.29) is 42.1 Å². The van der Waals surface area contributed by atoms with E-state index >= 15 is 0 Å². The molecule has 0 saturated carbocycles. The Labute approximate surface area is 67.6 Å². The van der Waals surface area contributed by atoms with Crippen molar-refractivity contribution in [3.8, 4) is 0 Å². The number of hydrogen-bond acceptors (Lipinski definition) is 1. The molecule has 0 rings (SSSR count). The van der Waals surface area contributed by atoms with Gasteiger partial charge in [-0.15, -0.1) is 0 Å². The van der Waals surface area contributed by atoms with Gasteiger partial charge < -0.3 is 12.7 Å². The smallest absolute Gasteiger partial charge is 0 e. The Morgan fingerprint density at radius 3 is 1.50 bits per heavy atom. The minimum Gasteiger partial charge on any atom is -0.342 e. The van der Waals surface area contributed by atoms with Gasteiger partial charge in [-0.3, -0.25) is 0 Å². The molecule has 1 nitrogen and oxygen atoms in total. The molecular formula is C3H8NW2-. The molecule has 38 valence electrons. The van der Waals surface area contributed by atoms with Gasteiger partial charge in [-0.1, -0.05) is 0 Å². The maximum Gasteiger partial charge on any atom is 0 e. The summed E-state index contributed by atoms with van der Waals surface area (Å²) in [4.78, 5) is 0. The van der Waals surface area contributed by atoms with E-state index in [0.717, 1.165) is 6.42 Å². The minimum absolute atomic E-state index is 0. The molecule has 2 N–H and O–H groups in total. The quantitative estimate of drug-likeness (QED) is 0.595. The van der Waals surface area contributed by atoms with Gasteiger partial charge in [-0.25, -0.2) is 0 Å². The van der Waals surface area contributed by atoms with Gasteiger partial charge >= 0.3 is 0 Å². The molecular weight excluding hydrogens is 418 g/mol. The van der Waals surface area contributed by atoms with Crippen LogP contribution in [0.15, 0.2) is 0 Å². The molecule has 0 radical (unpaired) electrons. The first-order chi connectivity index (χ1) is 1.91. The van der Waals surface area contributed by atoms with Crippen LogP contribution in [0.3, 0.4) is 0 Å². The summed E-state index contributed by atoms with van der Waals surface area (Å²) in [5, 5.41) is 0. The summed E-state index contributed by atoms with van der Waals surface area (Å²) < 4.78 is 0. The molecule has 0 fully saturated rings. The molecule has 0 atom stereocenters. The maximum absolute atomic E-state index is 4.97. The van der Waals surface area contributed by atoms with Crippen molar-refractivity contribution in [3.05, 3.63) is 6.92 Å². The van der Waals surface area contributed by atoms with Crippen LogP contribution in [0.4, 0.5) is 0 Å². The van der Waals surface area contributed by atoms with Crippen LogP contribution < -0.4 is 5.73 Å². The van der Waals surface area contributed by atoms with Gasteiger partial charge in [0.25, 0.3) is 0 Å². The van der Waals surface area contributed by atoms with Gasteiger partial charge in [-0.05, 0) is 6.54 Å². The van der Waals surface area contributed by atoms with Crippen LogP contribution in [0.2, 0.25) is 0 Å². The van der Waals surface area contributed by atoms with Crippen molar-refractivity contribution >= 4 is 0 Å². The molecule has 6 heavy (non-hydrogen) atoms. The Balaban J connectivity index is -0.0000000450. The summed E-state index contributed by atoms with van der Waals surface area (Å²) in [6, 6.07) is 0. The Kier molecular flexibility index (Phi) is 42.3. The molecule has 0 aromatic rings. The fourth-order valence-corrected chi connectivity index (χ4v) is 0. The van der Waals surface area contributed by atoms with Crippen LogP contribution in [0.5, 0.6) is 0 Å². The minimum atomic E-state index is 0. The Bertz CT molecular complexity index is 10.8. The summed E-state index contributed by atoms with van der Waals surface area (Å²) in [5.41, 5.74) is 4.97. The van der Waals surface area contributed by atoms with E-state index in [1.807, 2.05) is 0 Å². The standard InChI is InChI=1S/C3H8N.2W/c1-2-3-4;;/h1-4H2;;/q-1;;. The van der Waals surface area contributed by atoms with Crippen LogP contribution in [0.25, 0.3) is 0 Å². The summed E-state index contributed by atoms with van der Waals surface area (Å²) in [7, 11) is 0. The van der Waals surface area contributed by atoms with Gasteiger partial charge in [0.05, 0.1) is 0 Å². The molecule has 0 aromatic heterocycles. The molecule has 0 spiro atoms. The predicted octanol–water partition coefficient (Wildman–Crippen LogP) is 0.164. The van der Waals surface area contributed by atoms with Crippen molar-refractivity contribution in [1.29, 1.82) is 0 Å². The summed E-state index contributed by atoms with van der Waals surface area (Å²) in [6.45, 7) is 4.19. The van der Waals surface area contributed by atoms with Crippen LogP contribution >= 0.6 is 0 Å². The summed E-state index contributed by atoms with van der Waals surface area (Å²) >= 11 is 0. The normalized spacial score (nSPS) is 5.00. The van der Waals surface area contributed by atoms with E-state index in [2.05, 4.69) is 6.92 Å². The van der Waals surface area contributed by atoms with Crippen LogP contribution in [0.1, 0.15) is 6.42 Å². The maximum atomic E-state index is 4.97. The molecule has 0 aliphatic rings. The first kappa shape index (κ1) is 15.7. The molecule has 0 aliphatic carbocycles. The van der Waals surface area contributed by atoms with Gasteiger partial charge in [0, 0.05) is 42.1 Å². The molecule has 0 amide bonds. The van der Waals surface area contributed by atoms with Crippen molar-refractivity contribution in [2.45, 2.75) is 6.42 Å². The second-order valence-electron chi connectivity index (χ2n) is 0.642. The van der Waals surface area contributed by atoms with Crippen LogP contribution in [0, 0.1) is 6.92 Å². The molecule has 0 unspecified atom stereocenters. The third-order valence-corrected chi connectivity index (χ3v) is 0.204. The van der Waals surface area contributed by atoms with Crippen LogP contribution in [-0.2, 0) is 42.1 Å². The van der Waals surface area contributed by atoms with E-state index in [1.165, 1.54) is 0 Å². The van der Waals surface area contributed by atoms with E-state index in [9.17, 15) is 0 Å². The van der Waals surface area contributed by atoms with E-state index < -0.39 is 0 Å². The van der Waals surface area contributed by atoms with Crippen molar-refractivity contribution in [1.82, 2.24) is 0 Å². The molecule has 0 aromatic carbocycles. The number of rotatable bonds is 1. The third kappa shape index (κ3) is 18.4.